The molecule has 1 saturated heterocycles. The van der Waals surface area contributed by atoms with Crippen molar-refractivity contribution < 1.29 is 9.59 Å². The summed E-state index contributed by atoms with van der Waals surface area (Å²) in [4.78, 5) is 28.0. The molecule has 0 bridgehead atoms. The van der Waals surface area contributed by atoms with Crippen LogP contribution in [0.5, 0.6) is 0 Å². The van der Waals surface area contributed by atoms with Crippen LogP contribution in [0.3, 0.4) is 0 Å². The molecule has 2 aliphatic heterocycles. The average Bonchev–Trinajstić information content (AvgIpc) is 3.12. The van der Waals surface area contributed by atoms with E-state index < -0.39 is 0 Å². The van der Waals surface area contributed by atoms with E-state index in [0.29, 0.717) is 13.0 Å². The summed E-state index contributed by atoms with van der Waals surface area (Å²) in [6.45, 7) is 2.23. The molecule has 2 aromatic carbocycles. The van der Waals surface area contributed by atoms with Gasteiger partial charge in [0.2, 0.25) is 11.8 Å². The highest BCUT2D eigenvalue weighted by Gasteiger charge is 2.21. The molecule has 0 radical (unpaired) electrons. The van der Waals surface area contributed by atoms with Gasteiger partial charge in [-0.15, -0.1) is 0 Å². The normalized spacial score (nSPS) is 17.0. The molecular weight excluding hydrogens is 324 g/mol. The molecule has 0 atom stereocenters. The lowest BCUT2D eigenvalue weighted by atomic mass is 10.00. The maximum Gasteiger partial charge on any atom is 0.246 e. The minimum atomic E-state index is 0.0401. The van der Waals surface area contributed by atoms with E-state index >= 15 is 0 Å². The summed E-state index contributed by atoms with van der Waals surface area (Å²) in [6, 6.07) is 16.1. The van der Waals surface area contributed by atoms with Crippen molar-refractivity contribution in [3.8, 4) is 0 Å². The van der Waals surface area contributed by atoms with Gasteiger partial charge in [-0.2, -0.15) is 0 Å². The monoisotopic (exact) mass is 346 g/mol. The number of anilines is 1. The van der Waals surface area contributed by atoms with Crippen LogP contribution in [0.15, 0.2) is 54.6 Å². The minimum absolute atomic E-state index is 0.0401. The van der Waals surface area contributed by atoms with E-state index in [4.69, 9.17) is 0 Å². The number of fused-ring (bicyclic) bond motifs is 1. The van der Waals surface area contributed by atoms with Crippen LogP contribution >= 0.6 is 0 Å². The highest BCUT2D eigenvalue weighted by Crippen LogP contribution is 2.22. The van der Waals surface area contributed by atoms with E-state index in [1.54, 1.807) is 6.08 Å². The van der Waals surface area contributed by atoms with Crippen molar-refractivity contribution in [2.24, 2.45) is 0 Å². The fraction of sp³-hybridized carbons (Fsp3) is 0.273. The topological polar surface area (TPSA) is 40.6 Å². The molecule has 2 aliphatic rings. The molecule has 26 heavy (non-hydrogen) atoms. The Morgan fingerprint density at radius 3 is 2.42 bits per heavy atom. The first-order valence-electron chi connectivity index (χ1n) is 9.15. The van der Waals surface area contributed by atoms with Crippen molar-refractivity contribution >= 4 is 23.6 Å². The molecule has 0 saturated carbocycles. The van der Waals surface area contributed by atoms with Gasteiger partial charge in [0.1, 0.15) is 0 Å². The number of hydrogen-bond donors (Lipinski definition) is 0. The van der Waals surface area contributed by atoms with Gasteiger partial charge >= 0.3 is 0 Å². The zero-order valence-electron chi connectivity index (χ0n) is 14.7. The number of carbonyl (C=O) groups is 2. The predicted molar refractivity (Wildman–Crippen MR) is 103 cm³/mol. The van der Waals surface area contributed by atoms with Gasteiger partial charge < -0.3 is 9.80 Å². The number of rotatable bonds is 3. The van der Waals surface area contributed by atoms with E-state index in [1.165, 1.54) is 11.1 Å². The Morgan fingerprint density at radius 1 is 0.923 bits per heavy atom. The second kappa shape index (κ2) is 7.16. The van der Waals surface area contributed by atoms with Gasteiger partial charge in [0.15, 0.2) is 0 Å². The molecule has 0 spiro atoms. The zero-order valence-corrected chi connectivity index (χ0v) is 14.7. The maximum absolute atomic E-state index is 12.5. The van der Waals surface area contributed by atoms with Crippen molar-refractivity contribution in [2.75, 3.05) is 18.0 Å². The fourth-order valence-corrected chi connectivity index (χ4v) is 3.64. The van der Waals surface area contributed by atoms with Crippen LogP contribution in [0.4, 0.5) is 5.69 Å². The van der Waals surface area contributed by atoms with Crippen LogP contribution in [0.1, 0.15) is 29.5 Å². The molecular formula is C22H22N2O2. The molecule has 2 aromatic rings. The van der Waals surface area contributed by atoms with Gasteiger partial charge in [-0.3, -0.25) is 9.59 Å². The first-order valence-corrected chi connectivity index (χ1v) is 9.15. The largest absolute Gasteiger partial charge is 0.334 e. The third kappa shape index (κ3) is 3.40. The van der Waals surface area contributed by atoms with E-state index in [-0.39, 0.29) is 11.8 Å². The van der Waals surface area contributed by atoms with Gasteiger partial charge in [0.05, 0.1) is 0 Å². The van der Waals surface area contributed by atoms with Gasteiger partial charge in [-0.25, -0.2) is 0 Å². The Balaban J connectivity index is 1.40. The molecule has 2 heterocycles. The second-order valence-electron chi connectivity index (χ2n) is 6.85. The highest BCUT2D eigenvalue weighted by atomic mass is 16.2. The first kappa shape index (κ1) is 16.6. The van der Waals surface area contributed by atoms with Gasteiger partial charge in [-0.1, -0.05) is 36.4 Å². The van der Waals surface area contributed by atoms with Crippen molar-refractivity contribution in [1.29, 1.82) is 0 Å². The summed E-state index contributed by atoms with van der Waals surface area (Å²) in [5.74, 6) is 0.229. The highest BCUT2D eigenvalue weighted by molar-refractivity contribution is 5.95. The van der Waals surface area contributed by atoms with Crippen LogP contribution in [-0.4, -0.2) is 29.8 Å². The molecule has 0 unspecified atom stereocenters. The zero-order chi connectivity index (χ0) is 17.9. The number of benzene rings is 2. The Bertz CT molecular complexity index is 855. The van der Waals surface area contributed by atoms with E-state index in [1.807, 2.05) is 46.2 Å². The first-order chi connectivity index (χ1) is 12.7. The Morgan fingerprint density at radius 2 is 1.69 bits per heavy atom. The van der Waals surface area contributed by atoms with E-state index in [2.05, 4.69) is 18.2 Å². The number of hydrogen-bond acceptors (Lipinski definition) is 2. The molecule has 132 valence electrons. The van der Waals surface area contributed by atoms with Crippen molar-refractivity contribution in [3.05, 3.63) is 71.3 Å². The lowest BCUT2D eigenvalue weighted by molar-refractivity contribution is -0.126. The van der Waals surface area contributed by atoms with Crippen LogP contribution in [0, 0.1) is 0 Å². The van der Waals surface area contributed by atoms with Crippen LogP contribution in [0.2, 0.25) is 0 Å². The number of nitrogens with zero attached hydrogens (tertiary/aromatic N) is 2. The molecule has 2 amide bonds. The molecule has 4 nitrogen and oxygen atoms in total. The Labute approximate surface area is 153 Å². The summed E-state index contributed by atoms with van der Waals surface area (Å²) in [6.07, 6.45) is 5.96. The quantitative estimate of drug-likeness (QED) is 0.799. The fourth-order valence-electron chi connectivity index (χ4n) is 3.64. The van der Waals surface area contributed by atoms with Gasteiger partial charge in [0.25, 0.3) is 0 Å². The van der Waals surface area contributed by atoms with Crippen LogP contribution in [-0.2, 0) is 22.6 Å². The molecule has 0 N–H and O–H groups in total. The lowest BCUT2D eigenvalue weighted by Crippen LogP contribution is -2.34. The molecule has 1 fully saturated rings. The predicted octanol–water partition coefficient (Wildman–Crippen LogP) is 3.41. The summed E-state index contributed by atoms with van der Waals surface area (Å²) in [7, 11) is 0. The average molecular weight is 346 g/mol. The molecule has 0 aromatic heterocycles. The summed E-state index contributed by atoms with van der Waals surface area (Å²) >= 11 is 0. The van der Waals surface area contributed by atoms with Crippen molar-refractivity contribution in [2.45, 2.75) is 25.8 Å². The van der Waals surface area contributed by atoms with E-state index in [9.17, 15) is 9.59 Å². The van der Waals surface area contributed by atoms with E-state index in [0.717, 1.165) is 37.2 Å². The summed E-state index contributed by atoms with van der Waals surface area (Å²) in [5, 5.41) is 0. The lowest BCUT2D eigenvalue weighted by Gasteiger charge is -2.27. The standard InChI is InChI=1S/C22H22N2O2/c25-21(23-15-13-18-4-1-2-5-19(18)16-23)12-9-17-7-10-20(11-8-17)24-14-3-6-22(24)26/h1-2,4-5,7-12H,3,6,13-16H2/b12-9-. The third-order valence-electron chi connectivity index (χ3n) is 5.14. The number of amides is 2. The molecule has 4 rings (SSSR count). The minimum Gasteiger partial charge on any atom is -0.334 e. The third-order valence-corrected chi connectivity index (χ3v) is 5.14. The summed E-state index contributed by atoms with van der Waals surface area (Å²) < 4.78 is 0. The van der Waals surface area contributed by atoms with Crippen molar-refractivity contribution in [3.63, 3.8) is 0 Å². The molecule has 4 heteroatoms. The SMILES string of the molecule is O=C(/C=C\c1ccc(N2CCCC2=O)cc1)N1CCc2ccccc2C1. The Kier molecular flexibility index (Phi) is 4.57. The van der Waals surface area contributed by atoms with Crippen LogP contribution in [0.25, 0.3) is 6.08 Å². The second-order valence-corrected chi connectivity index (χ2v) is 6.85. The molecule has 0 aliphatic carbocycles. The smallest absolute Gasteiger partial charge is 0.246 e. The summed E-state index contributed by atoms with van der Waals surface area (Å²) in [5.41, 5.74) is 4.47. The van der Waals surface area contributed by atoms with Gasteiger partial charge in [0, 0.05) is 37.8 Å². The van der Waals surface area contributed by atoms with Gasteiger partial charge in [-0.05, 0) is 47.7 Å². The number of carbonyl (C=O) groups excluding carboxylic acids is 2. The van der Waals surface area contributed by atoms with Crippen molar-refractivity contribution in [1.82, 2.24) is 4.90 Å². The van der Waals surface area contributed by atoms with Crippen LogP contribution < -0.4 is 4.90 Å². The Hall–Kier alpha value is -2.88. The maximum atomic E-state index is 12.5.